The molecular formula is C12H11NO3. The second-order valence-corrected chi connectivity index (χ2v) is 3.81. The number of nitrogens with one attached hydrogen (secondary N) is 1. The Kier molecular flexibility index (Phi) is 2.15. The van der Waals surface area contributed by atoms with Gasteiger partial charge < -0.3 is 14.5 Å². The van der Waals surface area contributed by atoms with E-state index in [1.807, 2.05) is 18.2 Å². The molecule has 0 saturated carbocycles. The van der Waals surface area contributed by atoms with E-state index in [-0.39, 0.29) is 11.7 Å². The van der Waals surface area contributed by atoms with Crippen LogP contribution in [0.3, 0.4) is 0 Å². The number of aromatic nitrogens is 1. The number of H-pyrrole nitrogens is 1. The first kappa shape index (κ1) is 9.42. The molecule has 1 aromatic carbocycles. The Morgan fingerprint density at radius 3 is 3.06 bits per heavy atom. The number of rotatable bonds is 3. The number of pyridine rings is 1. The monoisotopic (exact) mass is 217 g/mol. The summed E-state index contributed by atoms with van der Waals surface area (Å²) in [5, 5.41) is 0.966. The van der Waals surface area contributed by atoms with Gasteiger partial charge in [0.25, 0.3) is 0 Å². The lowest BCUT2D eigenvalue weighted by atomic mass is 10.2. The Labute approximate surface area is 91.8 Å². The van der Waals surface area contributed by atoms with Gasteiger partial charge in [-0.25, -0.2) is 0 Å². The van der Waals surface area contributed by atoms with Crippen molar-refractivity contribution in [1.29, 1.82) is 0 Å². The third-order valence-corrected chi connectivity index (χ3v) is 2.55. The van der Waals surface area contributed by atoms with Gasteiger partial charge in [0.1, 0.15) is 18.5 Å². The maximum absolute atomic E-state index is 11.3. The third-order valence-electron chi connectivity index (χ3n) is 2.55. The zero-order valence-corrected chi connectivity index (χ0v) is 8.60. The van der Waals surface area contributed by atoms with Crippen LogP contribution < -0.4 is 10.3 Å². The van der Waals surface area contributed by atoms with Gasteiger partial charge in [-0.2, -0.15) is 0 Å². The van der Waals surface area contributed by atoms with E-state index in [0.29, 0.717) is 12.4 Å². The molecule has 0 amide bonds. The molecule has 4 heteroatoms. The average molecular weight is 217 g/mol. The molecule has 0 radical (unpaired) electrons. The highest BCUT2D eigenvalue weighted by atomic mass is 16.6. The molecule has 0 aliphatic carbocycles. The molecule has 2 heterocycles. The number of hydrogen-bond acceptors (Lipinski definition) is 3. The van der Waals surface area contributed by atoms with Crippen molar-refractivity contribution >= 4 is 10.9 Å². The molecule has 2 aromatic rings. The molecule has 1 unspecified atom stereocenters. The summed E-state index contributed by atoms with van der Waals surface area (Å²) in [5.74, 6) is 0.700. The summed E-state index contributed by atoms with van der Waals surface area (Å²) in [6, 6.07) is 8.99. The molecule has 1 atom stereocenters. The van der Waals surface area contributed by atoms with E-state index in [2.05, 4.69) is 4.98 Å². The smallest absolute Gasteiger partial charge is 0.248 e. The van der Waals surface area contributed by atoms with Crippen LogP contribution in [0.25, 0.3) is 10.9 Å². The number of fused-ring (bicyclic) bond motifs is 1. The van der Waals surface area contributed by atoms with E-state index < -0.39 is 0 Å². The van der Waals surface area contributed by atoms with E-state index in [1.165, 1.54) is 6.07 Å². The highest BCUT2D eigenvalue weighted by molar-refractivity contribution is 5.84. The van der Waals surface area contributed by atoms with Crippen LogP contribution in [0.1, 0.15) is 0 Å². The van der Waals surface area contributed by atoms with Gasteiger partial charge >= 0.3 is 0 Å². The minimum Gasteiger partial charge on any atom is -0.489 e. The lowest BCUT2D eigenvalue weighted by Gasteiger charge is -2.07. The van der Waals surface area contributed by atoms with Gasteiger partial charge in [0.2, 0.25) is 5.56 Å². The predicted molar refractivity (Wildman–Crippen MR) is 59.8 cm³/mol. The zero-order valence-electron chi connectivity index (χ0n) is 8.60. The molecule has 1 aromatic heterocycles. The van der Waals surface area contributed by atoms with E-state index in [0.717, 1.165) is 17.5 Å². The zero-order chi connectivity index (χ0) is 11.0. The molecule has 4 nitrogen and oxygen atoms in total. The molecule has 0 bridgehead atoms. The first-order chi connectivity index (χ1) is 7.83. The summed E-state index contributed by atoms with van der Waals surface area (Å²) in [6.45, 7) is 1.30. The van der Waals surface area contributed by atoms with Gasteiger partial charge in [-0.1, -0.05) is 12.1 Å². The van der Waals surface area contributed by atoms with Crippen molar-refractivity contribution in [2.24, 2.45) is 0 Å². The van der Waals surface area contributed by atoms with Gasteiger partial charge in [0.15, 0.2) is 0 Å². The molecule has 3 rings (SSSR count). The van der Waals surface area contributed by atoms with Crippen LogP contribution in [0.2, 0.25) is 0 Å². The van der Waals surface area contributed by atoms with Gasteiger partial charge in [-0.3, -0.25) is 4.79 Å². The summed E-state index contributed by atoms with van der Waals surface area (Å²) < 4.78 is 10.7. The number of ether oxygens (including phenoxy) is 2. The van der Waals surface area contributed by atoms with Crippen LogP contribution in [0.4, 0.5) is 0 Å². The number of para-hydroxylation sites is 1. The standard InChI is InChI=1S/C12H11NO3/c14-11-5-4-8-2-1-3-10(12(8)13-11)16-7-9-6-15-9/h1-5,9H,6-7H2,(H,13,14). The van der Waals surface area contributed by atoms with E-state index in [9.17, 15) is 4.79 Å². The highest BCUT2D eigenvalue weighted by Gasteiger charge is 2.23. The molecule has 0 spiro atoms. The van der Waals surface area contributed by atoms with Crippen LogP contribution >= 0.6 is 0 Å². The molecule has 1 saturated heterocycles. The van der Waals surface area contributed by atoms with E-state index >= 15 is 0 Å². The lowest BCUT2D eigenvalue weighted by Crippen LogP contribution is -2.07. The van der Waals surface area contributed by atoms with Crippen LogP contribution in [0.15, 0.2) is 35.1 Å². The maximum atomic E-state index is 11.3. The molecule has 1 aliphatic rings. The average Bonchev–Trinajstić information content (AvgIpc) is 3.10. The summed E-state index contributed by atoms with van der Waals surface area (Å²) in [5.41, 5.74) is 0.627. The van der Waals surface area contributed by atoms with E-state index in [4.69, 9.17) is 9.47 Å². The Hall–Kier alpha value is -1.81. The molecule has 16 heavy (non-hydrogen) atoms. The minimum atomic E-state index is -0.119. The van der Waals surface area contributed by atoms with E-state index in [1.54, 1.807) is 6.07 Å². The Balaban J connectivity index is 2.00. The number of benzene rings is 1. The second-order valence-electron chi connectivity index (χ2n) is 3.81. The highest BCUT2D eigenvalue weighted by Crippen LogP contribution is 2.23. The summed E-state index contributed by atoms with van der Waals surface area (Å²) in [4.78, 5) is 14.0. The van der Waals surface area contributed by atoms with Crippen LogP contribution in [-0.4, -0.2) is 24.3 Å². The first-order valence-corrected chi connectivity index (χ1v) is 5.19. The van der Waals surface area contributed by atoms with Crippen LogP contribution in [0, 0.1) is 0 Å². The topological polar surface area (TPSA) is 54.6 Å². The normalized spacial score (nSPS) is 18.6. The Bertz CT molecular complexity index is 572. The molecule has 1 N–H and O–H groups in total. The summed E-state index contributed by atoms with van der Waals surface area (Å²) in [6.07, 6.45) is 0.214. The van der Waals surface area contributed by atoms with Gasteiger partial charge in [-0.15, -0.1) is 0 Å². The van der Waals surface area contributed by atoms with Crippen LogP contribution in [0.5, 0.6) is 5.75 Å². The van der Waals surface area contributed by atoms with Crippen molar-refractivity contribution in [3.63, 3.8) is 0 Å². The quantitative estimate of drug-likeness (QED) is 0.788. The number of aromatic amines is 1. The maximum Gasteiger partial charge on any atom is 0.248 e. The Morgan fingerprint density at radius 2 is 2.25 bits per heavy atom. The Morgan fingerprint density at radius 1 is 1.38 bits per heavy atom. The summed E-state index contributed by atoms with van der Waals surface area (Å²) >= 11 is 0. The third kappa shape index (κ3) is 1.79. The fraction of sp³-hybridized carbons (Fsp3) is 0.250. The van der Waals surface area contributed by atoms with Crippen molar-refractivity contribution in [3.8, 4) is 5.75 Å². The summed E-state index contributed by atoms with van der Waals surface area (Å²) in [7, 11) is 0. The predicted octanol–water partition coefficient (Wildman–Crippen LogP) is 1.31. The SMILES string of the molecule is O=c1ccc2cccc(OCC3CO3)c2[nH]1. The minimum absolute atomic E-state index is 0.119. The molecule has 82 valence electrons. The van der Waals surface area contributed by atoms with Gasteiger partial charge in [0, 0.05) is 11.5 Å². The molecule has 1 aliphatic heterocycles. The fourth-order valence-electron chi connectivity index (χ4n) is 1.62. The largest absolute Gasteiger partial charge is 0.489 e. The van der Waals surface area contributed by atoms with Crippen molar-refractivity contribution in [3.05, 3.63) is 40.7 Å². The van der Waals surface area contributed by atoms with Crippen molar-refractivity contribution in [2.75, 3.05) is 13.2 Å². The van der Waals surface area contributed by atoms with Crippen molar-refractivity contribution < 1.29 is 9.47 Å². The fourth-order valence-corrected chi connectivity index (χ4v) is 1.62. The molecule has 1 fully saturated rings. The number of epoxide rings is 1. The number of hydrogen-bond donors (Lipinski definition) is 1. The van der Waals surface area contributed by atoms with Crippen LogP contribution in [-0.2, 0) is 4.74 Å². The second kappa shape index (κ2) is 3.64. The van der Waals surface area contributed by atoms with Gasteiger partial charge in [0.05, 0.1) is 12.1 Å². The lowest BCUT2D eigenvalue weighted by molar-refractivity contribution is 0.265. The van der Waals surface area contributed by atoms with Crippen molar-refractivity contribution in [1.82, 2.24) is 4.98 Å². The van der Waals surface area contributed by atoms with Gasteiger partial charge in [-0.05, 0) is 12.1 Å². The first-order valence-electron chi connectivity index (χ1n) is 5.19. The van der Waals surface area contributed by atoms with Crippen molar-refractivity contribution in [2.45, 2.75) is 6.10 Å². The molecular weight excluding hydrogens is 206 g/mol.